The smallest absolute Gasteiger partial charge is 0.237 e. The average Bonchev–Trinajstić information content (AvgIpc) is 2.10. The Morgan fingerprint density at radius 3 is 2.62 bits per heavy atom. The largest absolute Gasteiger partial charge is 0.370 e. The van der Waals surface area contributed by atoms with Crippen LogP contribution in [0.4, 0.5) is 0 Å². The average molecular weight is 185 g/mol. The number of nitrogens with two attached hydrogens (primary N) is 2. The van der Waals surface area contributed by atoms with Gasteiger partial charge in [0.05, 0.1) is 6.04 Å². The second-order valence-electron chi connectivity index (χ2n) is 2.65. The van der Waals surface area contributed by atoms with Crippen molar-refractivity contribution in [2.24, 2.45) is 11.5 Å². The molecular formula is C8H15N3O2. The Balaban J connectivity index is 3.68. The van der Waals surface area contributed by atoms with E-state index in [9.17, 15) is 9.59 Å². The first-order chi connectivity index (χ1) is 6.07. The van der Waals surface area contributed by atoms with E-state index in [1.165, 1.54) is 0 Å². The molecule has 5 N–H and O–H groups in total. The van der Waals surface area contributed by atoms with Crippen LogP contribution in [0.25, 0.3) is 0 Å². The van der Waals surface area contributed by atoms with Crippen LogP contribution in [0.15, 0.2) is 12.7 Å². The molecule has 0 aliphatic heterocycles. The van der Waals surface area contributed by atoms with Gasteiger partial charge in [0.15, 0.2) is 0 Å². The van der Waals surface area contributed by atoms with Crippen LogP contribution in [-0.4, -0.2) is 24.4 Å². The molecule has 13 heavy (non-hydrogen) atoms. The Morgan fingerprint density at radius 2 is 2.15 bits per heavy atom. The molecule has 5 nitrogen and oxygen atoms in total. The third-order valence-corrected chi connectivity index (χ3v) is 1.46. The van der Waals surface area contributed by atoms with Crippen LogP contribution in [0.1, 0.15) is 12.8 Å². The highest BCUT2D eigenvalue weighted by atomic mass is 16.2. The summed E-state index contributed by atoms with van der Waals surface area (Å²) in [5.74, 6) is -0.742. The molecule has 0 bridgehead atoms. The topological polar surface area (TPSA) is 98.2 Å². The maximum absolute atomic E-state index is 11.1. The van der Waals surface area contributed by atoms with E-state index >= 15 is 0 Å². The molecule has 0 aromatic carbocycles. The second kappa shape index (κ2) is 6.19. The highest BCUT2D eigenvalue weighted by Gasteiger charge is 2.12. The molecule has 0 aliphatic rings. The zero-order chi connectivity index (χ0) is 10.3. The van der Waals surface area contributed by atoms with Gasteiger partial charge in [-0.1, -0.05) is 6.08 Å². The normalized spacial score (nSPS) is 11.8. The van der Waals surface area contributed by atoms with E-state index in [-0.39, 0.29) is 18.7 Å². The number of hydrogen-bond donors (Lipinski definition) is 3. The Kier molecular flexibility index (Phi) is 5.54. The van der Waals surface area contributed by atoms with Crippen molar-refractivity contribution in [1.29, 1.82) is 0 Å². The fourth-order valence-electron chi connectivity index (χ4n) is 0.733. The van der Waals surface area contributed by atoms with Gasteiger partial charge in [0, 0.05) is 13.0 Å². The zero-order valence-electron chi connectivity index (χ0n) is 7.45. The van der Waals surface area contributed by atoms with Crippen LogP contribution in [0.3, 0.4) is 0 Å². The van der Waals surface area contributed by atoms with Crippen molar-refractivity contribution < 1.29 is 9.59 Å². The summed E-state index contributed by atoms with van der Waals surface area (Å²) in [5.41, 5.74) is 10.4. The highest BCUT2D eigenvalue weighted by molar-refractivity contribution is 5.82. The number of carbonyl (C=O) groups excluding carboxylic acids is 2. The lowest BCUT2D eigenvalue weighted by atomic mass is 10.1. The number of primary amides is 1. The Labute approximate surface area is 77.2 Å². The van der Waals surface area contributed by atoms with Gasteiger partial charge in [-0.05, 0) is 6.42 Å². The summed E-state index contributed by atoms with van der Waals surface area (Å²) in [7, 11) is 0. The van der Waals surface area contributed by atoms with Gasteiger partial charge in [-0.25, -0.2) is 0 Å². The fourth-order valence-corrected chi connectivity index (χ4v) is 0.733. The highest BCUT2D eigenvalue weighted by Crippen LogP contribution is 1.93. The number of rotatable bonds is 6. The number of hydrogen-bond acceptors (Lipinski definition) is 3. The van der Waals surface area contributed by atoms with Gasteiger partial charge in [0.1, 0.15) is 0 Å². The first kappa shape index (κ1) is 11.6. The van der Waals surface area contributed by atoms with Crippen molar-refractivity contribution in [3.63, 3.8) is 0 Å². The molecule has 5 heteroatoms. The molecule has 74 valence electrons. The lowest BCUT2D eigenvalue weighted by molar-refractivity contribution is -0.122. The first-order valence-corrected chi connectivity index (χ1v) is 4.00. The fraction of sp³-hybridized carbons (Fsp3) is 0.500. The van der Waals surface area contributed by atoms with E-state index in [0.717, 1.165) is 0 Å². The molecule has 2 amide bonds. The molecule has 0 saturated carbocycles. The van der Waals surface area contributed by atoms with Crippen LogP contribution in [0.5, 0.6) is 0 Å². The minimum absolute atomic E-state index is 0.128. The predicted octanol–water partition coefficient (Wildman–Crippen LogP) is -1.12. The summed E-state index contributed by atoms with van der Waals surface area (Å²) in [6.45, 7) is 3.81. The SMILES string of the molecule is C=CCNC(=O)[C@@H](N)CCC(N)=O. The lowest BCUT2D eigenvalue weighted by Gasteiger charge is -2.09. The first-order valence-electron chi connectivity index (χ1n) is 4.00. The Hall–Kier alpha value is -1.36. The molecule has 0 rings (SSSR count). The van der Waals surface area contributed by atoms with Crippen molar-refractivity contribution >= 4 is 11.8 Å². The van der Waals surface area contributed by atoms with E-state index in [0.29, 0.717) is 6.54 Å². The van der Waals surface area contributed by atoms with Crippen molar-refractivity contribution in [3.05, 3.63) is 12.7 Å². The third-order valence-electron chi connectivity index (χ3n) is 1.46. The van der Waals surface area contributed by atoms with Crippen LogP contribution in [0.2, 0.25) is 0 Å². The summed E-state index contributed by atoms with van der Waals surface area (Å²) in [6.07, 6.45) is 1.96. The van der Waals surface area contributed by atoms with Gasteiger partial charge in [0.25, 0.3) is 0 Å². The zero-order valence-corrected chi connectivity index (χ0v) is 7.45. The van der Waals surface area contributed by atoms with Crippen molar-refractivity contribution in [1.82, 2.24) is 5.32 Å². The summed E-state index contributed by atoms with van der Waals surface area (Å²) < 4.78 is 0. The standard InChI is InChI=1S/C8H15N3O2/c1-2-5-11-8(13)6(9)3-4-7(10)12/h2,6H,1,3-5,9H2,(H2,10,12)(H,11,13)/t6-/m0/s1. The minimum Gasteiger partial charge on any atom is -0.370 e. The Morgan fingerprint density at radius 1 is 1.54 bits per heavy atom. The van der Waals surface area contributed by atoms with E-state index in [1.54, 1.807) is 6.08 Å². The quantitative estimate of drug-likeness (QED) is 0.457. The number of nitrogens with one attached hydrogen (secondary N) is 1. The van der Waals surface area contributed by atoms with Gasteiger partial charge >= 0.3 is 0 Å². The van der Waals surface area contributed by atoms with Crippen molar-refractivity contribution in [2.45, 2.75) is 18.9 Å². The number of amides is 2. The molecule has 0 aromatic heterocycles. The summed E-state index contributed by atoms with van der Waals surface area (Å²) in [5, 5.41) is 2.52. The van der Waals surface area contributed by atoms with E-state index < -0.39 is 11.9 Å². The Bertz CT molecular complexity index is 204. The molecule has 0 radical (unpaired) electrons. The van der Waals surface area contributed by atoms with Gasteiger partial charge in [0.2, 0.25) is 11.8 Å². The molecule has 0 saturated heterocycles. The molecule has 0 unspecified atom stereocenters. The molecule has 0 aromatic rings. The molecule has 0 fully saturated rings. The molecule has 0 heterocycles. The lowest BCUT2D eigenvalue weighted by Crippen LogP contribution is -2.41. The van der Waals surface area contributed by atoms with Gasteiger partial charge < -0.3 is 16.8 Å². The summed E-state index contributed by atoms with van der Waals surface area (Å²) in [4.78, 5) is 21.4. The molecular weight excluding hydrogens is 170 g/mol. The summed E-state index contributed by atoms with van der Waals surface area (Å²) >= 11 is 0. The molecule has 0 spiro atoms. The maximum atomic E-state index is 11.1. The second-order valence-corrected chi connectivity index (χ2v) is 2.65. The van der Waals surface area contributed by atoms with Gasteiger partial charge in [-0.3, -0.25) is 9.59 Å². The predicted molar refractivity (Wildman–Crippen MR) is 49.6 cm³/mol. The minimum atomic E-state index is -0.674. The summed E-state index contributed by atoms with van der Waals surface area (Å²) in [6, 6.07) is -0.674. The van der Waals surface area contributed by atoms with E-state index in [1.807, 2.05) is 0 Å². The van der Waals surface area contributed by atoms with Gasteiger partial charge in [-0.15, -0.1) is 6.58 Å². The third kappa shape index (κ3) is 5.86. The van der Waals surface area contributed by atoms with Crippen LogP contribution >= 0.6 is 0 Å². The van der Waals surface area contributed by atoms with Crippen LogP contribution < -0.4 is 16.8 Å². The monoisotopic (exact) mass is 185 g/mol. The van der Waals surface area contributed by atoms with Gasteiger partial charge in [-0.2, -0.15) is 0 Å². The molecule has 1 atom stereocenters. The maximum Gasteiger partial charge on any atom is 0.237 e. The van der Waals surface area contributed by atoms with E-state index in [4.69, 9.17) is 11.5 Å². The molecule has 0 aliphatic carbocycles. The number of carbonyl (C=O) groups is 2. The van der Waals surface area contributed by atoms with Crippen molar-refractivity contribution in [3.8, 4) is 0 Å². The van der Waals surface area contributed by atoms with Crippen molar-refractivity contribution in [2.75, 3.05) is 6.54 Å². The van der Waals surface area contributed by atoms with E-state index in [2.05, 4.69) is 11.9 Å². The van der Waals surface area contributed by atoms with Crippen LogP contribution in [0, 0.1) is 0 Å². The van der Waals surface area contributed by atoms with Crippen LogP contribution in [-0.2, 0) is 9.59 Å².